The van der Waals surface area contributed by atoms with E-state index in [-0.39, 0.29) is 12.6 Å². The number of rotatable bonds is 7. The molecule has 6 nitrogen and oxygen atoms in total. The molecule has 1 aromatic carbocycles. The summed E-state index contributed by atoms with van der Waals surface area (Å²) in [6.45, 7) is 2.41. The lowest BCUT2D eigenvalue weighted by molar-refractivity contribution is 0.250. The standard InChI is InChI=1S/C15H21N5O/c1-11(17-15(8-9-21)13-2-3-13)12-4-6-14(7-5-12)20-10-16-18-19-20/h4-7,10-11,13,15,17,21H,2-3,8-9H2,1H3. The minimum atomic E-state index is 0.249. The molecule has 0 saturated heterocycles. The van der Waals surface area contributed by atoms with Crippen molar-refractivity contribution in [3.05, 3.63) is 36.2 Å². The van der Waals surface area contributed by atoms with E-state index in [0.29, 0.717) is 6.04 Å². The average molecular weight is 287 g/mol. The topological polar surface area (TPSA) is 75.9 Å². The van der Waals surface area contributed by atoms with Gasteiger partial charge in [0, 0.05) is 18.7 Å². The summed E-state index contributed by atoms with van der Waals surface area (Å²) in [6.07, 6.45) is 4.98. The summed E-state index contributed by atoms with van der Waals surface area (Å²) < 4.78 is 1.64. The van der Waals surface area contributed by atoms with Gasteiger partial charge < -0.3 is 10.4 Å². The van der Waals surface area contributed by atoms with Gasteiger partial charge in [0.1, 0.15) is 6.33 Å². The van der Waals surface area contributed by atoms with Gasteiger partial charge in [-0.05, 0) is 60.2 Å². The molecule has 1 aliphatic carbocycles. The first-order valence-corrected chi connectivity index (χ1v) is 7.48. The Morgan fingerprint density at radius 3 is 2.67 bits per heavy atom. The second kappa shape index (κ2) is 6.32. The van der Waals surface area contributed by atoms with Gasteiger partial charge in [0.15, 0.2) is 0 Å². The molecule has 3 rings (SSSR count). The molecule has 2 N–H and O–H groups in total. The van der Waals surface area contributed by atoms with Crippen LogP contribution in [0, 0.1) is 5.92 Å². The van der Waals surface area contributed by atoms with Crippen LogP contribution in [0.3, 0.4) is 0 Å². The van der Waals surface area contributed by atoms with Gasteiger partial charge in [-0.3, -0.25) is 0 Å². The van der Waals surface area contributed by atoms with Crippen LogP contribution in [0.4, 0.5) is 0 Å². The summed E-state index contributed by atoms with van der Waals surface area (Å²) in [5.74, 6) is 0.736. The summed E-state index contributed by atoms with van der Waals surface area (Å²) in [5, 5.41) is 24.0. The van der Waals surface area contributed by atoms with E-state index in [0.717, 1.165) is 18.0 Å². The monoisotopic (exact) mass is 287 g/mol. The molecule has 0 radical (unpaired) electrons. The fourth-order valence-electron chi connectivity index (χ4n) is 2.71. The minimum Gasteiger partial charge on any atom is -0.396 e. The predicted octanol–water partition coefficient (Wildman–Crippen LogP) is 1.47. The largest absolute Gasteiger partial charge is 0.396 e. The Labute approximate surface area is 124 Å². The van der Waals surface area contributed by atoms with E-state index >= 15 is 0 Å². The summed E-state index contributed by atoms with van der Waals surface area (Å²) in [6, 6.07) is 8.91. The van der Waals surface area contributed by atoms with Crippen molar-refractivity contribution < 1.29 is 5.11 Å². The van der Waals surface area contributed by atoms with Crippen LogP contribution >= 0.6 is 0 Å². The first kappa shape index (κ1) is 14.2. The average Bonchev–Trinajstić information content (AvgIpc) is 3.21. The highest BCUT2D eigenvalue weighted by molar-refractivity contribution is 5.34. The Hall–Kier alpha value is -1.79. The van der Waals surface area contributed by atoms with Crippen molar-refractivity contribution in [2.45, 2.75) is 38.3 Å². The van der Waals surface area contributed by atoms with Gasteiger partial charge in [0.2, 0.25) is 0 Å². The first-order chi connectivity index (χ1) is 10.3. The molecule has 1 fully saturated rings. The van der Waals surface area contributed by atoms with Crippen molar-refractivity contribution >= 4 is 0 Å². The van der Waals surface area contributed by atoms with Crippen molar-refractivity contribution in [1.29, 1.82) is 0 Å². The van der Waals surface area contributed by atoms with E-state index in [9.17, 15) is 5.11 Å². The molecule has 1 aromatic heterocycles. The molecule has 0 amide bonds. The zero-order valence-corrected chi connectivity index (χ0v) is 12.2. The molecule has 2 unspecified atom stereocenters. The number of aliphatic hydroxyl groups excluding tert-OH is 1. The van der Waals surface area contributed by atoms with Crippen LogP contribution in [0.1, 0.15) is 37.8 Å². The predicted molar refractivity (Wildman–Crippen MR) is 78.9 cm³/mol. The molecular formula is C15H21N5O. The van der Waals surface area contributed by atoms with Crippen LogP contribution in [0.15, 0.2) is 30.6 Å². The third kappa shape index (κ3) is 3.46. The van der Waals surface area contributed by atoms with Crippen molar-refractivity contribution in [2.24, 2.45) is 5.92 Å². The van der Waals surface area contributed by atoms with E-state index in [2.05, 4.69) is 39.9 Å². The van der Waals surface area contributed by atoms with E-state index in [1.54, 1.807) is 11.0 Å². The van der Waals surface area contributed by atoms with Crippen LogP contribution in [0.2, 0.25) is 0 Å². The number of benzene rings is 1. The number of tetrazole rings is 1. The Morgan fingerprint density at radius 1 is 1.33 bits per heavy atom. The van der Waals surface area contributed by atoms with Crippen molar-refractivity contribution in [3.8, 4) is 5.69 Å². The summed E-state index contributed by atoms with van der Waals surface area (Å²) in [7, 11) is 0. The molecule has 0 spiro atoms. The van der Waals surface area contributed by atoms with Gasteiger partial charge in [0.25, 0.3) is 0 Å². The number of nitrogens with zero attached hydrogens (tertiary/aromatic N) is 4. The molecule has 0 bridgehead atoms. The van der Waals surface area contributed by atoms with Crippen LogP contribution in [-0.4, -0.2) is 38.0 Å². The summed E-state index contributed by atoms with van der Waals surface area (Å²) in [5.41, 5.74) is 2.18. The van der Waals surface area contributed by atoms with E-state index in [1.165, 1.54) is 18.4 Å². The normalized spacial score (nSPS) is 17.6. The second-order valence-corrected chi connectivity index (χ2v) is 5.69. The fraction of sp³-hybridized carbons (Fsp3) is 0.533. The third-order valence-corrected chi connectivity index (χ3v) is 4.10. The third-order valence-electron chi connectivity index (χ3n) is 4.10. The number of hydrogen-bond donors (Lipinski definition) is 2. The molecule has 2 aromatic rings. The van der Waals surface area contributed by atoms with Gasteiger partial charge in [-0.2, -0.15) is 0 Å². The maximum Gasteiger partial charge on any atom is 0.143 e. The summed E-state index contributed by atoms with van der Waals surface area (Å²) >= 11 is 0. The van der Waals surface area contributed by atoms with Gasteiger partial charge >= 0.3 is 0 Å². The SMILES string of the molecule is CC(NC(CCO)C1CC1)c1ccc(-n2cnnn2)cc1. The Morgan fingerprint density at radius 2 is 2.10 bits per heavy atom. The van der Waals surface area contributed by atoms with Gasteiger partial charge in [-0.25, -0.2) is 4.68 Å². The van der Waals surface area contributed by atoms with Crippen molar-refractivity contribution in [2.75, 3.05) is 6.61 Å². The smallest absolute Gasteiger partial charge is 0.143 e. The van der Waals surface area contributed by atoms with E-state index < -0.39 is 0 Å². The molecule has 2 atom stereocenters. The second-order valence-electron chi connectivity index (χ2n) is 5.69. The van der Waals surface area contributed by atoms with E-state index in [4.69, 9.17) is 0 Å². The van der Waals surface area contributed by atoms with Crippen LogP contribution in [0.25, 0.3) is 5.69 Å². The molecule has 1 heterocycles. The molecule has 21 heavy (non-hydrogen) atoms. The molecule has 1 aliphatic rings. The number of aromatic nitrogens is 4. The Bertz CT molecular complexity index is 550. The fourth-order valence-corrected chi connectivity index (χ4v) is 2.71. The molecule has 0 aliphatic heterocycles. The van der Waals surface area contributed by atoms with E-state index in [1.807, 2.05) is 12.1 Å². The maximum absolute atomic E-state index is 9.18. The molecule has 112 valence electrons. The number of aliphatic hydroxyl groups is 1. The van der Waals surface area contributed by atoms with Crippen LogP contribution < -0.4 is 5.32 Å². The molecular weight excluding hydrogens is 266 g/mol. The highest BCUT2D eigenvalue weighted by atomic mass is 16.3. The highest BCUT2D eigenvalue weighted by Crippen LogP contribution is 2.35. The lowest BCUT2D eigenvalue weighted by atomic mass is 10.0. The maximum atomic E-state index is 9.18. The Kier molecular flexibility index (Phi) is 4.26. The van der Waals surface area contributed by atoms with Crippen molar-refractivity contribution in [1.82, 2.24) is 25.5 Å². The first-order valence-electron chi connectivity index (χ1n) is 7.48. The van der Waals surface area contributed by atoms with Crippen LogP contribution in [-0.2, 0) is 0 Å². The summed E-state index contributed by atoms with van der Waals surface area (Å²) in [4.78, 5) is 0. The number of nitrogens with one attached hydrogen (secondary N) is 1. The van der Waals surface area contributed by atoms with Crippen molar-refractivity contribution in [3.63, 3.8) is 0 Å². The zero-order chi connectivity index (χ0) is 14.7. The van der Waals surface area contributed by atoms with Gasteiger partial charge in [0.05, 0.1) is 5.69 Å². The Balaban J connectivity index is 1.65. The quantitative estimate of drug-likeness (QED) is 0.806. The number of hydrogen-bond acceptors (Lipinski definition) is 5. The lowest BCUT2D eigenvalue weighted by Gasteiger charge is -2.23. The zero-order valence-electron chi connectivity index (χ0n) is 12.2. The minimum absolute atomic E-state index is 0.249. The molecule has 6 heteroatoms. The molecule has 1 saturated carbocycles. The van der Waals surface area contributed by atoms with Gasteiger partial charge in [-0.15, -0.1) is 5.10 Å². The van der Waals surface area contributed by atoms with Crippen LogP contribution in [0.5, 0.6) is 0 Å². The van der Waals surface area contributed by atoms with Gasteiger partial charge in [-0.1, -0.05) is 12.1 Å². The highest BCUT2D eigenvalue weighted by Gasteiger charge is 2.31. The lowest BCUT2D eigenvalue weighted by Crippen LogP contribution is -2.34.